The molecule has 0 aliphatic carbocycles. The van der Waals surface area contributed by atoms with Gasteiger partial charge in [0.2, 0.25) is 0 Å². The van der Waals surface area contributed by atoms with Gasteiger partial charge in [-0.3, -0.25) is 9.59 Å². The molecule has 0 fully saturated rings. The van der Waals surface area contributed by atoms with Crippen molar-refractivity contribution in [2.45, 2.75) is 24.6 Å². The minimum Gasteiger partial charge on any atom is -0.312 e. The zero-order valence-electron chi connectivity index (χ0n) is 16.5. The van der Waals surface area contributed by atoms with Crippen LogP contribution in [0.15, 0.2) is 59.5 Å². The Labute approximate surface area is 172 Å². The maximum Gasteiger partial charge on any atom is 0.304 e. The molecule has 0 saturated heterocycles. The fourth-order valence-electron chi connectivity index (χ4n) is 3.26. The molecule has 7 nitrogen and oxygen atoms in total. The summed E-state index contributed by atoms with van der Waals surface area (Å²) in [4.78, 5) is 24.8. The number of hydrogen-bond donors (Lipinski definition) is 1. The van der Waals surface area contributed by atoms with Crippen LogP contribution in [-0.4, -0.2) is 35.1 Å². The van der Waals surface area contributed by atoms with E-state index in [4.69, 9.17) is 5.21 Å². The fourth-order valence-corrected chi connectivity index (χ4v) is 4.11. The van der Waals surface area contributed by atoms with Crippen LogP contribution in [0.25, 0.3) is 21.9 Å². The van der Waals surface area contributed by atoms with Crippen molar-refractivity contribution in [1.29, 1.82) is 0 Å². The smallest absolute Gasteiger partial charge is 0.304 e. The Hall–Kier alpha value is -3.04. The zero-order valence-corrected chi connectivity index (χ0v) is 17.3. The Bertz CT molecular complexity index is 1270. The first-order valence-corrected chi connectivity index (χ1v) is 11.0. The van der Waals surface area contributed by atoms with Gasteiger partial charge in [-0.25, -0.2) is 12.8 Å². The highest BCUT2D eigenvalue weighted by atomic mass is 32.2. The first-order valence-electron chi connectivity index (χ1n) is 9.13. The molecule has 0 spiro atoms. The number of nitrogens with one attached hydrogen (secondary N) is 1. The first-order chi connectivity index (χ1) is 14.1. The molecule has 2 aromatic carbocycles. The molecule has 1 amide bonds. The lowest BCUT2D eigenvalue weighted by Gasteiger charge is -2.24. The minimum atomic E-state index is -3.89. The molecule has 30 heavy (non-hydrogen) atoms. The van der Waals surface area contributed by atoms with Crippen LogP contribution in [0.5, 0.6) is 0 Å². The van der Waals surface area contributed by atoms with Crippen LogP contribution in [0.1, 0.15) is 13.3 Å². The maximum absolute atomic E-state index is 14.8. The Morgan fingerprint density at radius 3 is 2.40 bits per heavy atom. The van der Waals surface area contributed by atoms with E-state index in [1.165, 1.54) is 13.0 Å². The number of rotatable bonds is 6. The maximum atomic E-state index is 14.8. The summed E-state index contributed by atoms with van der Waals surface area (Å²) in [6, 6.07) is 14.2. The number of pyridine rings is 1. The molecule has 1 heterocycles. The monoisotopic (exact) mass is 433 g/mol. The summed E-state index contributed by atoms with van der Waals surface area (Å²) in [5.41, 5.74) is 2.75. The summed E-state index contributed by atoms with van der Waals surface area (Å²) in [5.74, 6) is -1.64. The Morgan fingerprint density at radius 1 is 1.13 bits per heavy atom. The van der Waals surface area contributed by atoms with Crippen LogP contribution >= 0.6 is 0 Å². The number of carbonyl (C=O) groups excluding carboxylic acids is 1. The van der Waals surface area contributed by atoms with Gasteiger partial charge >= 0.3 is 5.91 Å². The number of amides is 1. The van der Waals surface area contributed by atoms with Crippen LogP contribution in [-0.2, 0) is 21.2 Å². The molecule has 0 saturated carbocycles. The highest BCUT2D eigenvalue weighted by Gasteiger charge is 2.44. The molecule has 0 aliphatic heterocycles. The first kappa shape index (κ1) is 21.7. The van der Waals surface area contributed by atoms with E-state index in [1.807, 2.05) is 30.3 Å². The topological polar surface area (TPSA) is 108 Å². The molecule has 0 aliphatic rings. The molecule has 1 atom stereocenters. The van der Waals surface area contributed by atoms with Crippen molar-refractivity contribution in [3.8, 4) is 11.1 Å². The SMILES string of the molecule is C[C@@](CCn1cc(F)c2cc(-c3ccccc3)ccc2c1=O)(C(=O)N[OH2+])S(C)(=O)=O. The molecule has 0 unspecified atom stereocenters. The Morgan fingerprint density at radius 2 is 1.80 bits per heavy atom. The summed E-state index contributed by atoms with van der Waals surface area (Å²) in [7, 11) is -3.89. The summed E-state index contributed by atoms with van der Waals surface area (Å²) in [6.07, 6.45) is 1.61. The number of nitrogens with zero attached hydrogens (tertiary/aromatic N) is 1. The molecular weight excluding hydrogens is 411 g/mol. The van der Waals surface area contributed by atoms with Gasteiger partial charge < -0.3 is 9.77 Å². The van der Waals surface area contributed by atoms with Gasteiger partial charge in [0, 0.05) is 24.4 Å². The number of fused-ring (bicyclic) bond motifs is 1. The van der Waals surface area contributed by atoms with Crippen molar-refractivity contribution in [3.63, 3.8) is 0 Å². The third-order valence-electron chi connectivity index (χ3n) is 5.39. The van der Waals surface area contributed by atoms with Crippen molar-refractivity contribution in [1.82, 2.24) is 10.0 Å². The number of aromatic nitrogens is 1. The van der Waals surface area contributed by atoms with E-state index in [2.05, 4.69) is 0 Å². The molecule has 3 N–H and O–H groups in total. The second-order valence-corrected chi connectivity index (χ2v) is 9.75. The number of sulfone groups is 1. The van der Waals surface area contributed by atoms with Crippen LogP contribution < -0.4 is 11.0 Å². The second-order valence-electron chi connectivity index (χ2n) is 7.31. The van der Waals surface area contributed by atoms with Gasteiger partial charge in [0.05, 0.1) is 5.39 Å². The number of halogens is 1. The minimum absolute atomic E-state index is 0.153. The predicted octanol–water partition coefficient (Wildman–Crippen LogP) is 1.76. The number of benzene rings is 2. The lowest BCUT2D eigenvalue weighted by atomic mass is 10.0. The molecule has 0 radical (unpaired) electrons. The van der Waals surface area contributed by atoms with Crippen LogP contribution in [0.3, 0.4) is 0 Å². The molecule has 3 aromatic rings. The van der Waals surface area contributed by atoms with E-state index in [9.17, 15) is 22.4 Å². The lowest BCUT2D eigenvalue weighted by molar-refractivity contribution is -0.131. The molecule has 0 bridgehead atoms. The van der Waals surface area contributed by atoms with Gasteiger partial charge in [-0.2, -0.15) is 0 Å². The van der Waals surface area contributed by atoms with Gasteiger partial charge in [-0.05, 0) is 36.6 Å². The lowest BCUT2D eigenvalue weighted by Crippen LogP contribution is -2.50. The summed E-state index contributed by atoms with van der Waals surface area (Å²) in [5, 5.41) is 7.32. The number of hydroxylamine groups is 1. The summed E-state index contributed by atoms with van der Waals surface area (Å²) in [6.45, 7) is 0.976. The summed E-state index contributed by atoms with van der Waals surface area (Å²) < 4.78 is 38.2. The third kappa shape index (κ3) is 3.86. The van der Waals surface area contributed by atoms with E-state index in [-0.39, 0.29) is 23.7 Å². The van der Waals surface area contributed by atoms with E-state index in [0.717, 1.165) is 28.1 Å². The van der Waals surface area contributed by atoms with E-state index in [0.29, 0.717) is 0 Å². The fraction of sp³-hybridized carbons (Fsp3) is 0.238. The van der Waals surface area contributed by atoms with E-state index < -0.39 is 31.9 Å². The quantitative estimate of drug-likeness (QED) is 0.472. The number of carbonyl (C=O) groups is 1. The molecule has 3 rings (SSSR count). The average Bonchev–Trinajstić information content (AvgIpc) is 2.73. The van der Waals surface area contributed by atoms with E-state index >= 15 is 0 Å². The van der Waals surface area contributed by atoms with Gasteiger partial charge in [0.15, 0.2) is 14.6 Å². The Kier molecular flexibility index (Phi) is 5.78. The largest absolute Gasteiger partial charge is 0.312 e. The van der Waals surface area contributed by atoms with Gasteiger partial charge in [-0.15, -0.1) is 5.48 Å². The van der Waals surface area contributed by atoms with E-state index in [1.54, 1.807) is 17.6 Å². The van der Waals surface area contributed by atoms with Crippen LogP contribution in [0.4, 0.5) is 4.39 Å². The van der Waals surface area contributed by atoms with Crippen molar-refractivity contribution in [2.75, 3.05) is 6.26 Å². The van der Waals surface area contributed by atoms with Crippen molar-refractivity contribution < 1.29 is 22.8 Å². The Balaban J connectivity index is 2.01. The van der Waals surface area contributed by atoms with Crippen molar-refractivity contribution in [3.05, 3.63) is 70.9 Å². The van der Waals surface area contributed by atoms with Gasteiger partial charge in [-0.1, -0.05) is 36.4 Å². The molecule has 1 aromatic heterocycles. The number of aryl methyl sites for hydroxylation is 1. The second kappa shape index (κ2) is 8.00. The normalized spacial score (nSPS) is 13.7. The highest BCUT2D eigenvalue weighted by molar-refractivity contribution is 7.92. The van der Waals surface area contributed by atoms with Crippen LogP contribution in [0.2, 0.25) is 0 Å². The zero-order chi connectivity index (χ0) is 22.1. The van der Waals surface area contributed by atoms with Crippen molar-refractivity contribution in [2.24, 2.45) is 0 Å². The standard InChI is InChI=1S/C21H21FN2O5S/c1-21(20(26)23-27,30(2,28)29)10-11-24-13-18(22)17-12-15(8-9-16(17)19(24)25)14-6-4-3-5-7-14/h3-9,12-13,27H,10-11H2,1-2H3,(H,23,26)/p+1/t21-/m1/s1. The van der Waals surface area contributed by atoms with Gasteiger partial charge in [0.1, 0.15) is 5.82 Å². The number of hydrogen-bond acceptors (Lipinski definition) is 4. The predicted molar refractivity (Wildman–Crippen MR) is 113 cm³/mol. The molecule has 9 heteroatoms. The molecule has 158 valence electrons. The highest BCUT2D eigenvalue weighted by Crippen LogP contribution is 2.25. The van der Waals surface area contributed by atoms with Crippen LogP contribution in [0, 0.1) is 5.82 Å². The van der Waals surface area contributed by atoms with Crippen molar-refractivity contribution >= 4 is 26.5 Å². The van der Waals surface area contributed by atoms with Gasteiger partial charge in [0.25, 0.3) is 5.56 Å². The summed E-state index contributed by atoms with van der Waals surface area (Å²) >= 11 is 0. The molecular formula is C21H22FN2O5S+. The third-order valence-corrected chi connectivity index (χ3v) is 7.41. The average molecular weight is 433 g/mol.